The molecular weight excluding hydrogens is 254 g/mol. The van der Waals surface area contributed by atoms with Crippen LogP contribution in [0.5, 0.6) is 0 Å². The first-order valence-corrected chi connectivity index (χ1v) is 9.79. The summed E-state index contributed by atoms with van der Waals surface area (Å²) in [4.78, 5) is 0. The maximum Gasteiger partial charge on any atom is 0.00672 e. The van der Waals surface area contributed by atoms with Gasteiger partial charge in [0.2, 0.25) is 0 Å². The van der Waals surface area contributed by atoms with E-state index < -0.39 is 0 Å². The van der Waals surface area contributed by atoms with Crippen molar-refractivity contribution in [3.63, 3.8) is 0 Å². The van der Waals surface area contributed by atoms with Crippen LogP contribution in [0.25, 0.3) is 0 Å². The third-order valence-corrected chi connectivity index (χ3v) is 4.64. The highest BCUT2D eigenvalue weighted by molar-refractivity contribution is 4.76. The zero-order valence-electron chi connectivity index (χ0n) is 15.8. The molecule has 1 nitrogen and oxygen atoms in total. The van der Waals surface area contributed by atoms with Crippen LogP contribution < -0.4 is 5.32 Å². The van der Waals surface area contributed by atoms with Gasteiger partial charge in [0.1, 0.15) is 0 Å². The van der Waals surface area contributed by atoms with E-state index in [0.717, 1.165) is 6.04 Å². The minimum atomic E-state index is 0.461. The van der Waals surface area contributed by atoms with E-state index in [1.54, 1.807) is 0 Å². The molecule has 0 aliphatic rings. The SMILES string of the molecule is CCCCCC(CCCCC)NCC(C)(C)CCCCC. The van der Waals surface area contributed by atoms with E-state index in [1.807, 2.05) is 0 Å². The van der Waals surface area contributed by atoms with Gasteiger partial charge in [-0.15, -0.1) is 0 Å². The molecule has 0 aliphatic carbocycles. The Morgan fingerprint density at radius 1 is 0.714 bits per heavy atom. The van der Waals surface area contributed by atoms with Gasteiger partial charge < -0.3 is 5.32 Å². The second kappa shape index (κ2) is 13.6. The lowest BCUT2D eigenvalue weighted by atomic mass is 9.86. The zero-order chi connectivity index (χ0) is 16.0. The van der Waals surface area contributed by atoms with Crippen molar-refractivity contribution in [2.75, 3.05) is 6.54 Å². The molecule has 128 valence electrons. The zero-order valence-corrected chi connectivity index (χ0v) is 15.8. The predicted octanol–water partition coefficient (Wildman–Crippen LogP) is 6.71. The highest BCUT2D eigenvalue weighted by Crippen LogP contribution is 2.23. The van der Waals surface area contributed by atoms with Gasteiger partial charge in [-0.05, 0) is 24.7 Å². The van der Waals surface area contributed by atoms with Gasteiger partial charge in [-0.3, -0.25) is 0 Å². The molecule has 0 radical (unpaired) electrons. The molecule has 0 heterocycles. The Hall–Kier alpha value is -0.0400. The fraction of sp³-hybridized carbons (Fsp3) is 1.00. The molecule has 0 fully saturated rings. The third-order valence-electron chi connectivity index (χ3n) is 4.64. The standard InChI is InChI=1S/C20H43N/c1-6-9-12-15-19(16-13-10-7-2)21-18-20(4,5)17-14-11-8-3/h19,21H,6-18H2,1-5H3. The summed E-state index contributed by atoms with van der Waals surface area (Å²) >= 11 is 0. The van der Waals surface area contributed by atoms with Gasteiger partial charge in [0.05, 0.1) is 0 Å². The molecule has 0 amide bonds. The van der Waals surface area contributed by atoms with E-state index in [-0.39, 0.29) is 0 Å². The average Bonchev–Trinajstić information content (AvgIpc) is 2.45. The van der Waals surface area contributed by atoms with Gasteiger partial charge in [-0.2, -0.15) is 0 Å². The van der Waals surface area contributed by atoms with E-state index in [9.17, 15) is 0 Å². The van der Waals surface area contributed by atoms with Crippen LogP contribution in [0, 0.1) is 5.41 Å². The minimum Gasteiger partial charge on any atom is -0.313 e. The molecule has 0 atom stereocenters. The molecule has 0 saturated carbocycles. The third kappa shape index (κ3) is 13.4. The van der Waals surface area contributed by atoms with Crippen LogP contribution >= 0.6 is 0 Å². The predicted molar refractivity (Wildman–Crippen MR) is 98.0 cm³/mol. The van der Waals surface area contributed by atoms with Crippen molar-refractivity contribution in [2.24, 2.45) is 5.41 Å². The first-order valence-electron chi connectivity index (χ1n) is 9.79. The van der Waals surface area contributed by atoms with Gasteiger partial charge in [0.25, 0.3) is 0 Å². The van der Waals surface area contributed by atoms with Crippen LogP contribution in [0.3, 0.4) is 0 Å². The Labute approximate surface area is 135 Å². The maximum absolute atomic E-state index is 3.90. The molecule has 0 aromatic rings. The Morgan fingerprint density at radius 3 is 1.67 bits per heavy atom. The number of unbranched alkanes of at least 4 members (excludes halogenated alkanes) is 6. The summed E-state index contributed by atoms with van der Waals surface area (Å²) in [5.74, 6) is 0. The average molecular weight is 298 g/mol. The fourth-order valence-corrected chi connectivity index (χ4v) is 2.99. The van der Waals surface area contributed by atoms with Crippen molar-refractivity contribution in [2.45, 2.75) is 118 Å². The highest BCUT2D eigenvalue weighted by atomic mass is 14.9. The van der Waals surface area contributed by atoms with Gasteiger partial charge in [-0.25, -0.2) is 0 Å². The monoisotopic (exact) mass is 297 g/mol. The van der Waals surface area contributed by atoms with Crippen LogP contribution in [0.15, 0.2) is 0 Å². The topological polar surface area (TPSA) is 12.0 Å². The molecule has 0 aromatic heterocycles. The summed E-state index contributed by atoms with van der Waals surface area (Å²) in [7, 11) is 0. The number of rotatable bonds is 15. The molecule has 1 heteroatoms. The first kappa shape index (κ1) is 21.0. The maximum atomic E-state index is 3.90. The second-order valence-electron chi connectivity index (χ2n) is 7.69. The van der Waals surface area contributed by atoms with Crippen molar-refractivity contribution < 1.29 is 0 Å². The van der Waals surface area contributed by atoms with Crippen molar-refractivity contribution in [3.8, 4) is 0 Å². The molecule has 0 rings (SSSR count). The molecule has 21 heavy (non-hydrogen) atoms. The summed E-state index contributed by atoms with van der Waals surface area (Å²) in [6.45, 7) is 13.0. The van der Waals surface area contributed by atoms with Gasteiger partial charge in [-0.1, -0.05) is 92.4 Å². The summed E-state index contributed by atoms with van der Waals surface area (Å²) in [5, 5.41) is 3.90. The smallest absolute Gasteiger partial charge is 0.00672 e. The van der Waals surface area contributed by atoms with Gasteiger partial charge in [0, 0.05) is 12.6 Å². The molecule has 0 bridgehead atoms. The molecular formula is C20H43N. The normalized spacial score (nSPS) is 12.3. The van der Waals surface area contributed by atoms with Crippen LogP contribution in [-0.4, -0.2) is 12.6 Å². The largest absolute Gasteiger partial charge is 0.313 e. The van der Waals surface area contributed by atoms with E-state index >= 15 is 0 Å². The van der Waals surface area contributed by atoms with Gasteiger partial charge in [0.15, 0.2) is 0 Å². The Kier molecular flexibility index (Phi) is 13.6. The van der Waals surface area contributed by atoms with Crippen LogP contribution in [-0.2, 0) is 0 Å². The van der Waals surface area contributed by atoms with Crippen molar-refractivity contribution in [1.29, 1.82) is 0 Å². The van der Waals surface area contributed by atoms with Crippen LogP contribution in [0.2, 0.25) is 0 Å². The quantitative estimate of drug-likeness (QED) is 0.331. The van der Waals surface area contributed by atoms with Crippen molar-refractivity contribution in [1.82, 2.24) is 5.32 Å². The lowest BCUT2D eigenvalue weighted by molar-refractivity contribution is 0.275. The van der Waals surface area contributed by atoms with Crippen molar-refractivity contribution >= 4 is 0 Å². The molecule has 0 spiro atoms. The molecule has 1 N–H and O–H groups in total. The minimum absolute atomic E-state index is 0.461. The van der Waals surface area contributed by atoms with E-state index in [4.69, 9.17) is 0 Å². The van der Waals surface area contributed by atoms with Crippen molar-refractivity contribution in [3.05, 3.63) is 0 Å². The Balaban J connectivity index is 4.04. The van der Waals surface area contributed by atoms with E-state index in [0.29, 0.717) is 5.41 Å². The number of nitrogens with one attached hydrogen (secondary N) is 1. The molecule has 0 unspecified atom stereocenters. The summed E-state index contributed by atoms with van der Waals surface area (Å²) in [5.41, 5.74) is 0.461. The van der Waals surface area contributed by atoms with Crippen LogP contribution in [0.4, 0.5) is 0 Å². The summed E-state index contributed by atoms with van der Waals surface area (Å²) in [6.07, 6.45) is 16.5. The fourth-order valence-electron chi connectivity index (χ4n) is 2.99. The second-order valence-corrected chi connectivity index (χ2v) is 7.69. The molecule has 0 saturated heterocycles. The lowest BCUT2D eigenvalue weighted by Gasteiger charge is -2.29. The summed E-state index contributed by atoms with van der Waals surface area (Å²) < 4.78 is 0. The van der Waals surface area contributed by atoms with Gasteiger partial charge >= 0.3 is 0 Å². The molecule has 0 aliphatic heterocycles. The first-order chi connectivity index (χ1) is 10.1. The Bertz CT molecular complexity index is 200. The van der Waals surface area contributed by atoms with E-state index in [1.165, 1.54) is 83.6 Å². The number of hydrogen-bond donors (Lipinski definition) is 1. The highest BCUT2D eigenvalue weighted by Gasteiger charge is 2.19. The molecule has 0 aromatic carbocycles. The summed E-state index contributed by atoms with van der Waals surface area (Å²) in [6, 6.07) is 0.758. The van der Waals surface area contributed by atoms with Crippen LogP contribution in [0.1, 0.15) is 112 Å². The lowest BCUT2D eigenvalue weighted by Crippen LogP contribution is -2.37. The van der Waals surface area contributed by atoms with E-state index in [2.05, 4.69) is 39.9 Å². The number of hydrogen-bond acceptors (Lipinski definition) is 1. The Morgan fingerprint density at radius 2 is 1.19 bits per heavy atom.